The number of hydrogen-bond acceptors (Lipinski definition) is 2. The second-order valence-electron chi connectivity index (χ2n) is 8.03. The summed E-state index contributed by atoms with van der Waals surface area (Å²) in [5.74, 6) is 0.549. The van der Waals surface area contributed by atoms with Gasteiger partial charge in [-0.3, -0.25) is 4.79 Å². The molecule has 0 aliphatic heterocycles. The number of aromatic nitrogens is 1. The molecule has 0 saturated carbocycles. The third-order valence-corrected chi connectivity index (χ3v) is 5.88. The molecule has 168 valence electrons. The van der Waals surface area contributed by atoms with Crippen molar-refractivity contribution in [3.63, 3.8) is 0 Å². The van der Waals surface area contributed by atoms with Crippen molar-refractivity contribution in [2.24, 2.45) is 0 Å². The molecule has 1 heterocycles. The average molecular weight is 459 g/mol. The van der Waals surface area contributed by atoms with Crippen molar-refractivity contribution in [3.8, 4) is 5.75 Å². The van der Waals surface area contributed by atoms with Crippen LogP contribution in [-0.2, 0) is 24.4 Å². The quantitative estimate of drug-likeness (QED) is 0.303. The number of benzene rings is 3. The lowest BCUT2D eigenvalue weighted by atomic mass is 10.1. The molecule has 5 heteroatoms. The third kappa shape index (κ3) is 6.27. The topological polar surface area (TPSA) is 34.5 Å². The van der Waals surface area contributed by atoms with Gasteiger partial charge < -0.3 is 14.2 Å². The van der Waals surface area contributed by atoms with Gasteiger partial charge in [-0.05, 0) is 60.0 Å². The maximum atomic E-state index is 13.2. The Bertz CT molecular complexity index is 1190. The molecule has 4 aromatic rings. The van der Waals surface area contributed by atoms with Crippen LogP contribution in [0, 0.1) is 6.92 Å². The standard InChI is InChI=1S/C28H27ClN2O2/c1-22-8-5-6-11-24(22)19-30-17-7-12-26(30)20-31(18-23-9-3-2-4-10-23)28(32)21-33-27-15-13-25(29)14-16-27/h2-17H,18-21H2,1H3. The predicted molar refractivity (Wildman–Crippen MR) is 132 cm³/mol. The average Bonchev–Trinajstić information content (AvgIpc) is 3.27. The number of carbonyl (C=O) groups is 1. The maximum Gasteiger partial charge on any atom is 0.261 e. The van der Waals surface area contributed by atoms with Crippen molar-refractivity contribution < 1.29 is 9.53 Å². The summed E-state index contributed by atoms with van der Waals surface area (Å²) in [6, 6.07) is 29.5. The molecule has 1 amide bonds. The molecular weight excluding hydrogens is 432 g/mol. The van der Waals surface area contributed by atoms with Crippen LogP contribution >= 0.6 is 11.6 Å². The molecule has 33 heavy (non-hydrogen) atoms. The highest BCUT2D eigenvalue weighted by Gasteiger charge is 2.17. The van der Waals surface area contributed by atoms with E-state index in [1.54, 1.807) is 24.3 Å². The van der Waals surface area contributed by atoms with Crippen LogP contribution in [0.1, 0.15) is 22.4 Å². The Balaban J connectivity index is 1.50. The van der Waals surface area contributed by atoms with Crippen LogP contribution in [0.4, 0.5) is 0 Å². The number of halogens is 1. The lowest BCUT2D eigenvalue weighted by molar-refractivity contribution is -0.134. The first kappa shape index (κ1) is 22.7. The number of rotatable bonds is 9. The summed E-state index contributed by atoms with van der Waals surface area (Å²) in [5, 5.41) is 0.633. The molecule has 0 N–H and O–H groups in total. The Hall–Kier alpha value is -3.50. The number of carbonyl (C=O) groups excluding carboxylic acids is 1. The molecule has 0 radical (unpaired) electrons. The Morgan fingerprint density at radius 3 is 2.36 bits per heavy atom. The normalized spacial score (nSPS) is 10.7. The van der Waals surface area contributed by atoms with Crippen LogP contribution in [0.2, 0.25) is 5.02 Å². The summed E-state index contributed by atoms with van der Waals surface area (Å²) in [4.78, 5) is 15.0. The minimum atomic E-state index is -0.0718. The summed E-state index contributed by atoms with van der Waals surface area (Å²) in [5.41, 5.74) is 4.68. The summed E-state index contributed by atoms with van der Waals surface area (Å²) in [6.45, 7) is 3.87. The summed E-state index contributed by atoms with van der Waals surface area (Å²) < 4.78 is 7.95. The van der Waals surface area contributed by atoms with E-state index in [9.17, 15) is 4.79 Å². The summed E-state index contributed by atoms with van der Waals surface area (Å²) in [7, 11) is 0. The highest BCUT2D eigenvalue weighted by Crippen LogP contribution is 2.18. The SMILES string of the molecule is Cc1ccccc1Cn1cccc1CN(Cc1ccccc1)C(=O)COc1ccc(Cl)cc1. The highest BCUT2D eigenvalue weighted by molar-refractivity contribution is 6.30. The molecule has 0 unspecified atom stereocenters. The van der Waals surface area contributed by atoms with Gasteiger partial charge in [0.1, 0.15) is 5.75 Å². The van der Waals surface area contributed by atoms with E-state index in [2.05, 4.69) is 48.0 Å². The fourth-order valence-corrected chi connectivity index (χ4v) is 3.84. The minimum absolute atomic E-state index is 0.0348. The number of aryl methyl sites for hydroxylation is 1. The number of ether oxygens (including phenoxy) is 1. The van der Waals surface area contributed by atoms with E-state index >= 15 is 0 Å². The lowest BCUT2D eigenvalue weighted by Gasteiger charge is -2.24. The molecule has 0 spiro atoms. The molecule has 0 atom stereocenters. The van der Waals surface area contributed by atoms with Crippen molar-refractivity contribution in [2.75, 3.05) is 6.61 Å². The van der Waals surface area contributed by atoms with Crippen LogP contribution < -0.4 is 4.74 Å². The molecule has 4 nitrogen and oxygen atoms in total. The van der Waals surface area contributed by atoms with Gasteiger partial charge in [0.25, 0.3) is 5.91 Å². The van der Waals surface area contributed by atoms with Crippen molar-refractivity contribution in [3.05, 3.63) is 125 Å². The van der Waals surface area contributed by atoms with E-state index in [-0.39, 0.29) is 12.5 Å². The van der Waals surface area contributed by atoms with E-state index in [4.69, 9.17) is 16.3 Å². The molecule has 0 fully saturated rings. The molecule has 1 aromatic heterocycles. The second kappa shape index (κ2) is 10.9. The van der Waals surface area contributed by atoms with Crippen LogP contribution in [0.15, 0.2) is 97.2 Å². The zero-order valence-corrected chi connectivity index (χ0v) is 19.4. The van der Waals surface area contributed by atoms with Crippen molar-refractivity contribution in [1.82, 2.24) is 9.47 Å². The molecule has 0 aliphatic rings. The van der Waals surface area contributed by atoms with Gasteiger partial charge in [0.2, 0.25) is 0 Å². The summed E-state index contributed by atoms with van der Waals surface area (Å²) >= 11 is 5.94. The van der Waals surface area contributed by atoms with Crippen LogP contribution in [0.25, 0.3) is 0 Å². The van der Waals surface area contributed by atoms with E-state index in [0.717, 1.165) is 17.8 Å². The zero-order chi connectivity index (χ0) is 23.0. The van der Waals surface area contributed by atoms with E-state index in [0.29, 0.717) is 23.9 Å². The van der Waals surface area contributed by atoms with Gasteiger partial charge in [0.05, 0.1) is 6.54 Å². The van der Waals surface area contributed by atoms with E-state index < -0.39 is 0 Å². The van der Waals surface area contributed by atoms with E-state index in [1.807, 2.05) is 41.3 Å². The highest BCUT2D eigenvalue weighted by atomic mass is 35.5. The number of amides is 1. The first-order valence-electron chi connectivity index (χ1n) is 11.0. The van der Waals surface area contributed by atoms with Gasteiger partial charge in [-0.2, -0.15) is 0 Å². The first-order chi connectivity index (χ1) is 16.1. The number of nitrogens with zero attached hydrogens (tertiary/aromatic N) is 2. The molecule has 0 saturated heterocycles. The minimum Gasteiger partial charge on any atom is -0.484 e. The molecular formula is C28H27ClN2O2. The van der Waals surface area contributed by atoms with Crippen LogP contribution in [0.5, 0.6) is 5.75 Å². The summed E-state index contributed by atoms with van der Waals surface area (Å²) in [6.07, 6.45) is 2.07. The molecule has 4 rings (SSSR count). The van der Waals surface area contributed by atoms with Crippen molar-refractivity contribution >= 4 is 17.5 Å². The Labute approximate surface area is 200 Å². The zero-order valence-electron chi connectivity index (χ0n) is 18.7. The van der Waals surface area contributed by atoms with Gasteiger partial charge >= 0.3 is 0 Å². The fourth-order valence-electron chi connectivity index (χ4n) is 3.72. The molecule has 0 bridgehead atoms. The fraction of sp³-hybridized carbons (Fsp3) is 0.179. The van der Waals surface area contributed by atoms with Crippen LogP contribution in [-0.4, -0.2) is 22.0 Å². The van der Waals surface area contributed by atoms with Crippen molar-refractivity contribution in [2.45, 2.75) is 26.6 Å². The van der Waals surface area contributed by atoms with Gasteiger partial charge in [0, 0.05) is 30.0 Å². The van der Waals surface area contributed by atoms with Crippen molar-refractivity contribution in [1.29, 1.82) is 0 Å². The van der Waals surface area contributed by atoms with E-state index in [1.165, 1.54) is 11.1 Å². The Morgan fingerprint density at radius 1 is 0.879 bits per heavy atom. The largest absolute Gasteiger partial charge is 0.484 e. The first-order valence-corrected chi connectivity index (χ1v) is 11.3. The third-order valence-electron chi connectivity index (χ3n) is 5.62. The van der Waals surface area contributed by atoms with Gasteiger partial charge in [-0.25, -0.2) is 0 Å². The van der Waals surface area contributed by atoms with Crippen LogP contribution in [0.3, 0.4) is 0 Å². The van der Waals surface area contributed by atoms with Gasteiger partial charge in [-0.15, -0.1) is 0 Å². The Morgan fingerprint density at radius 2 is 1.61 bits per heavy atom. The monoisotopic (exact) mass is 458 g/mol. The Kier molecular flexibility index (Phi) is 7.48. The lowest BCUT2D eigenvalue weighted by Crippen LogP contribution is -2.34. The van der Waals surface area contributed by atoms with Gasteiger partial charge in [0.15, 0.2) is 6.61 Å². The molecule has 3 aromatic carbocycles. The van der Waals surface area contributed by atoms with Gasteiger partial charge in [-0.1, -0.05) is 66.2 Å². The molecule has 0 aliphatic carbocycles. The second-order valence-corrected chi connectivity index (χ2v) is 8.47. The number of hydrogen-bond donors (Lipinski definition) is 0. The smallest absolute Gasteiger partial charge is 0.261 e. The predicted octanol–water partition coefficient (Wildman–Crippen LogP) is 6.11. The maximum absolute atomic E-state index is 13.2.